The number of amides is 1. The summed E-state index contributed by atoms with van der Waals surface area (Å²) in [6, 6.07) is 0. The average molecular weight is 272 g/mol. The van der Waals surface area contributed by atoms with Crippen molar-refractivity contribution in [2.24, 2.45) is 16.6 Å². The highest BCUT2D eigenvalue weighted by Crippen LogP contribution is 2.23. The normalized spacial score (nSPS) is 12.3. The van der Waals surface area contributed by atoms with Crippen molar-refractivity contribution >= 4 is 23.1 Å². The molecule has 0 saturated heterocycles. The van der Waals surface area contributed by atoms with Gasteiger partial charge in [-0.1, -0.05) is 52.3 Å². The molecule has 4 heteroatoms. The summed E-state index contributed by atoms with van der Waals surface area (Å²) in [5, 5.41) is 2.97. The van der Waals surface area contributed by atoms with Gasteiger partial charge < -0.3 is 11.1 Å². The zero-order chi connectivity index (χ0) is 14.4. The van der Waals surface area contributed by atoms with E-state index < -0.39 is 5.41 Å². The third kappa shape index (κ3) is 5.80. The molecule has 0 aliphatic heterocycles. The highest BCUT2D eigenvalue weighted by molar-refractivity contribution is 7.80. The maximum absolute atomic E-state index is 12.0. The Bertz CT molecular complexity index is 298. The Morgan fingerprint density at radius 1 is 1.22 bits per heavy atom. The van der Waals surface area contributed by atoms with E-state index >= 15 is 0 Å². The van der Waals surface area contributed by atoms with Crippen LogP contribution in [0.3, 0.4) is 0 Å². The highest BCUT2D eigenvalue weighted by Gasteiger charge is 2.31. The fourth-order valence-corrected chi connectivity index (χ4v) is 1.69. The first-order valence-electron chi connectivity index (χ1n) is 6.71. The van der Waals surface area contributed by atoms with Crippen LogP contribution in [0.15, 0.2) is 0 Å². The zero-order valence-corrected chi connectivity index (χ0v) is 13.2. The van der Waals surface area contributed by atoms with Gasteiger partial charge in [-0.15, -0.1) is 0 Å². The lowest BCUT2D eigenvalue weighted by molar-refractivity contribution is -0.126. The molecular weight excluding hydrogens is 244 g/mol. The van der Waals surface area contributed by atoms with Gasteiger partial charge in [0.1, 0.15) is 0 Å². The molecule has 1 amide bonds. The summed E-state index contributed by atoms with van der Waals surface area (Å²) in [6.07, 6.45) is 4.79. The first-order chi connectivity index (χ1) is 8.13. The average Bonchev–Trinajstić information content (AvgIpc) is 2.25. The summed E-state index contributed by atoms with van der Waals surface area (Å²) in [5.74, 6) is -0.0847. The largest absolute Gasteiger partial charge is 0.392 e. The molecule has 18 heavy (non-hydrogen) atoms. The molecule has 3 N–H and O–H groups in total. The quantitative estimate of drug-likeness (QED) is 0.527. The summed E-state index contributed by atoms with van der Waals surface area (Å²) in [4.78, 5) is 12.2. The summed E-state index contributed by atoms with van der Waals surface area (Å²) in [5.41, 5.74) is 4.93. The van der Waals surface area contributed by atoms with E-state index in [1.54, 1.807) is 13.8 Å². The Hall–Kier alpha value is -0.640. The van der Waals surface area contributed by atoms with E-state index in [0.717, 1.165) is 6.42 Å². The molecule has 0 fully saturated rings. The summed E-state index contributed by atoms with van der Waals surface area (Å²) < 4.78 is 0. The van der Waals surface area contributed by atoms with Crippen molar-refractivity contribution in [2.45, 2.75) is 60.3 Å². The van der Waals surface area contributed by atoms with E-state index in [-0.39, 0.29) is 16.3 Å². The topological polar surface area (TPSA) is 55.1 Å². The van der Waals surface area contributed by atoms with Crippen LogP contribution in [0, 0.1) is 10.8 Å². The van der Waals surface area contributed by atoms with Gasteiger partial charge in [-0.2, -0.15) is 0 Å². The smallest absolute Gasteiger partial charge is 0.232 e. The molecule has 3 nitrogen and oxygen atoms in total. The molecule has 0 spiro atoms. The first kappa shape index (κ1) is 17.4. The number of unbranched alkanes of at least 4 members (excludes halogenated alkanes) is 2. The Morgan fingerprint density at radius 3 is 2.22 bits per heavy atom. The van der Waals surface area contributed by atoms with Crippen molar-refractivity contribution in [3.05, 3.63) is 0 Å². The predicted molar refractivity (Wildman–Crippen MR) is 81.5 cm³/mol. The SMILES string of the molecule is CCCCCC(C)(C)CNC(=O)C(C)(C)C(N)=S. The van der Waals surface area contributed by atoms with Crippen LogP contribution in [0.4, 0.5) is 0 Å². The Kier molecular flexibility index (Phi) is 6.82. The first-order valence-corrected chi connectivity index (χ1v) is 7.12. The number of nitrogens with one attached hydrogen (secondary N) is 1. The van der Waals surface area contributed by atoms with Gasteiger partial charge in [0.15, 0.2) is 0 Å². The highest BCUT2D eigenvalue weighted by atomic mass is 32.1. The Morgan fingerprint density at radius 2 is 1.78 bits per heavy atom. The fourth-order valence-electron chi connectivity index (χ4n) is 1.59. The molecule has 0 aliphatic rings. The summed E-state index contributed by atoms with van der Waals surface area (Å²) in [7, 11) is 0. The number of hydrogen-bond donors (Lipinski definition) is 2. The predicted octanol–water partition coefficient (Wildman–Crippen LogP) is 3.02. The van der Waals surface area contributed by atoms with Crippen LogP contribution < -0.4 is 11.1 Å². The van der Waals surface area contributed by atoms with Crippen molar-refractivity contribution in [3.8, 4) is 0 Å². The van der Waals surface area contributed by atoms with E-state index in [2.05, 4.69) is 26.1 Å². The van der Waals surface area contributed by atoms with Gasteiger partial charge in [-0.05, 0) is 25.7 Å². The third-order valence-corrected chi connectivity index (χ3v) is 3.88. The molecule has 0 saturated carbocycles. The molecule has 0 unspecified atom stereocenters. The molecule has 0 aromatic rings. The second-order valence-corrected chi connectivity index (χ2v) is 6.73. The van der Waals surface area contributed by atoms with Crippen molar-refractivity contribution < 1.29 is 4.79 Å². The zero-order valence-electron chi connectivity index (χ0n) is 12.4. The van der Waals surface area contributed by atoms with E-state index in [1.807, 2.05) is 0 Å². The van der Waals surface area contributed by atoms with Crippen molar-refractivity contribution in [1.29, 1.82) is 0 Å². The van der Waals surface area contributed by atoms with E-state index in [9.17, 15) is 4.79 Å². The van der Waals surface area contributed by atoms with E-state index in [0.29, 0.717) is 6.54 Å². The van der Waals surface area contributed by atoms with Crippen molar-refractivity contribution in [2.75, 3.05) is 6.54 Å². The molecular formula is C14H28N2OS. The van der Waals surface area contributed by atoms with Crippen LogP contribution in [0.5, 0.6) is 0 Å². The second-order valence-electron chi connectivity index (χ2n) is 6.29. The molecule has 0 aliphatic carbocycles. The van der Waals surface area contributed by atoms with E-state index in [1.165, 1.54) is 19.3 Å². The van der Waals surface area contributed by atoms with Gasteiger partial charge >= 0.3 is 0 Å². The number of carbonyl (C=O) groups is 1. The fraction of sp³-hybridized carbons (Fsp3) is 0.857. The molecule has 0 aromatic carbocycles. The van der Waals surface area contributed by atoms with Crippen LogP contribution in [0.1, 0.15) is 60.3 Å². The molecule has 106 valence electrons. The van der Waals surface area contributed by atoms with Gasteiger partial charge in [0, 0.05) is 6.54 Å². The van der Waals surface area contributed by atoms with Gasteiger partial charge in [0.25, 0.3) is 0 Å². The molecule has 0 atom stereocenters. The summed E-state index contributed by atoms with van der Waals surface area (Å²) in [6.45, 7) is 10.7. The van der Waals surface area contributed by atoms with Crippen LogP contribution in [-0.4, -0.2) is 17.4 Å². The lowest BCUT2D eigenvalue weighted by Gasteiger charge is -2.28. The van der Waals surface area contributed by atoms with E-state index in [4.69, 9.17) is 18.0 Å². The van der Waals surface area contributed by atoms with Gasteiger partial charge in [-0.25, -0.2) is 0 Å². The standard InChI is InChI=1S/C14H28N2OS/c1-6-7-8-9-13(2,3)10-16-12(17)14(4,5)11(15)18/h6-10H2,1-5H3,(H2,15,18)(H,16,17). The molecule has 0 bridgehead atoms. The molecule has 0 heterocycles. The third-order valence-electron chi connectivity index (χ3n) is 3.37. The molecule has 0 aromatic heterocycles. The minimum Gasteiger partial charge on any atom is -0.392 e. The van der Waals surface area contributed by atoms with Crippen LogP contribution in [0.25, 0.3) is 0 Å². The van der Waals surface area contributed by atoms with Crippen LogP contribution in [0.2, 0.25) is 0 Å². The lowest BCUT2D eigenvalue weighted by atomic mass is 9.86. The summed E-state index contributed by atoms with van der Waals surface area (Å²) >= 11 is 4.92. The maximum atomic E-state index is 12.0. The minimum absolute atomic E-state index is 0.0847. The lowest BCUT2D eigenvalue weighted by Crippen LogP contribution is -2.47. The molecule has 0 rings (SSSR count). The molecule has 0 radical (unpaired) electrons. The Labute approximate surface area is 117 Å². The number of carbonyl (C=O) groups excluding carboxylic acids is 1. The number of hydrogen-bond acceptors (Lipinski definition) is 2. The van der Waals surface area contributed by atoms with Gasteiger partial charge in [0.2, 0.25) is 5.91 Å². The maximum Gasteiger partial charge on any atom is 0.232 e. The van der Waals surface area contributed by atoms with Gasteiger partial charge in [0.05, 0.1) is 10.4 Å². The van der Waals surface area contributed by atoms with Crippen LogP contribution in [-0.2, 0) is 4.79 Å². The van der Waals surface area contributed by atoms with Crippen LogP contribution >= 0.6 is 12.2 Å². The Balaban J connectivity index is 4.23. The number of rotatable bonds is 8. The minimum atomic E-state index is -0.769. The number of nitrogens with two attached hydrogens (primary N) is 1. The second kappa shape index (κ2) is 7.07. The number of thiocarbonyl (C=S) groups is 1. The van der Waals surface area contributed by atoms with Gasteiger partial charge in [-0.3, -0.25) is 4.79 Å². The van der Waals surface area contributed by atoms with Crippen molar-refractivity contribution in [1.82, 2.24) is 5.32 Å². The van der Waals surface area contributed by atoms with Crippen molar-refractivity contribution in [3.63, 3.8) is 0 Å². The monoisotopic (exact) mass is 272 g/mol.